The SMILES string of the molecule is CCc1ccccc1NC(=O)CCN1C(=S)N[C@@H](c2ccccn2)[C@H]1c1cccn1-c1ccccc1F. The summed E-state index contributed by atoms with van der Waals surface area (Å²) in [5.41, 5.74) is 4.04. The van der Waals surface area contributed by atoms with Crippen LogP contribution in [-0.4, -0.2) is 32.0 Å². The summed E-state index contributed by atoms with van der Waals surface area (Å²) >= 11 is 5.75. The second-order valence-corrected chi connectivity index (χ2v) is 9.27. The molecule has 6 nitrogen and oxygen atoms in total. The van der Waals surface area contributed by atoms with Gasteiger partial charge >= 0.3 is 0 Å². The standard InChI is InChI=1S/C29H28FN5OS/c1-2-20-10-3-5-12-22(20)32-26(36)16-19-35-28(27(33-29(35)37)23-13-7-8-17-31-23)25-15-9-18-34(25)24-14-6-4-11-21(24)30/h3-15,17-18,27-28H,2,16,19H2,1H3,(H,32,36)(H,33,37)/t27-,28+/m0/s1. The third kappa shape index (κ3) is 5.11. The van der Waals surface area contributed by atoms with E-state index >= 15 is 0 Å². The number of carbonyl (C=O) groups excluding carboxylic acids is 1. The molecule has 1 amide bonds. The first-order valence-corrected chi connectivity index (χ1v) is 12.8. The highest BCUT2D eigenvalue weighted by molar-refractivity contribution is 7.80. The Hall–Kier alpha value is -4.04. The van der Waals surface area contributed by atoms with Gasteiger partial charge in [-0.05, 0) is 66.7 Å². The van der Waals surface area contributed by atoms with Crippen LogP contribution in [0.5, 0.6) is 0 Å². The molecule has 0 bridgehead atoms. The van der Waals surface area contributed by atoms with Crippen LogP contribution in [-0.2, 0) is 11.2 Å². The number of pyridine rings is 1. The zero-order valence-electron chi connectivity index (χ0n) is 20.5. The molecule has 2 aromatic carbocycles. The number of aromatic nitrogens is 2. The van der Waals surface area contributed by atoms with E-state index in [2.05, 4.69) is 22.5 Å². The van der Waals surface area contributed by atoms with Crippen molar-refractivity contribution in [2.24, 2.45) is 0 Å². The summed E-state index contributed by atoms with van der Waals surface area (Å²) in [5.74, 6) is -0.406. The summed E-state index contributed by atoms with van der Waals surface area (Å²) in [4.78, 5) is 19.5. The number of carbonyl (C=O) groups is 1. The molecule has 4 aromatic rings. The van der Waals surface area contributed by atoms with Crippen molar-refractivity contribution in [1.82, 2.24) is 19.8 Å². The number of para-hydroxylation sites is 2. The van der Waals surface area contributed by atoms with E-state index in [-0.39, 0.29) is 30.2 Å². The first-order chi connectivity index (χ1) is 18.1. The Morgan fingerprint density at radius 1 is 1.05 bits per heavy atom. The molecule has 5 rings (SSSR count). The number of amides is 1. The number of hydrogen-bond donors (Lipinski definition) is 2. The van der Waals surface area contributed by atoms with E-state index in [0.717, 1.165) is 29.1 Å². The molecule has 8 heteroatoms. The summed E-state index contributed by atoms with van der Waals surface area (Å²) in [6.45, 7) is 2.45. The van der Waals surface area contributed by atoms with Crippen LogP contribution in [0.4, 0.5) is 10.1 Å². The van der Waals surface area contributed by atoms with Crippen LogP contribution in [0.3, 0.4) is 0 Å². The van der Waals surface area contributed by atoms with Crippen LogP contribution in [0.15, 0.2) is 91.3 Å². The lowest BCUT2D eigenvalue weighted by Gasteiger charge is -2.29. The zero-order chi connectivity index (χ0) is 25.8. The fourth-order valence-electron chi connectivity index (χ4n) is 4.85. The van der Waals surface area contributed by atoms with Crippen molar-refractivity contribution in [1.29, 1.82) is 0 Å². The van der Waals surface area contributed by atoms with Crippen LogP contribution < -0.4 is 10.6 Å². The first kappa shape index (κ1) is 24.6. The second-order valence-electron chi connectivity index (χ2n) is 8.88. The van der Waals surface area contributed by atoms with E-state index in [9.17, 15) is 9.18 Å². The fourth-order valence-corrected chi connectivity index (χ4v) is 5.19. The van der Waals surface area contributed by atoms with Gasteiger partial charge in [-0.25, -0.2) is 4.39 Å². The Bertz CT molecular complexity index is 1410. The Balaban J connectivity index is 1.45. The van der Waals surface area contributed by atoms with E-state index < -0.39 is 0 Å². The molecular formula is C29H28FN5OS. The van der Waals surface area contributed by atoms with Gasteiger partial charge in [0, 0.05) is 36.7 Å². The molecule has 0 aliphatic carbocycles. The quantitative estimate of drug-likeness (QED) is 0.302. The Labute approximate surface area is 221 Å². The topological polar surface area (TPSA) is 62.2 Å². The average Bonchev–Trinajstić information content (AvgIpc) is 3.52. The van der Waals surface area contributed by atoms with Gasteiger partial charge in [0.15, 0.2) is 5.11 Å². The van der Waals surface area contributed by atoms with Crippen LogP contribution in [0.25, 0.3) is 5.69 Å². The highest BCUT2D eigenvalue weighted by Crippen LogP contribution is 2.39. The highest BCUT2D eigenvalue weighted by Gasteiger charge is 2.41. The zero-order valence-corrected chi connectivity index (χ0v) is 21.3. The molecule has 188 valence electrons. The smallest absolute Gasteiger partial charge is 0.226 e. The van der Waals surface area contributed by atoms with E-state index in [4.69, 9.17) is 12.2 Å². The molecule has 3 heterocycles. The van der Waals surface area contributed by atoms with Crippen molar-refractivity contribution in [3.63, 3.8) is 0 Å². The number of thiocarbonyl (C=S) groups is 1. The molecular weight excluding hydrogens is 485 g/mol. The number of benzene rings is 2. The first-order valence-electron chi connectivity index (χ1n) is 12.3. The van der Waals surface area contributed by atoms with Gasteiger partial charge in [0.2, 0.25) is 5.91 Å². The third-order valence-corrected chi connectivity index (χ3v) is 7.00. The predicted molar refractivity (Wildman–Crippen MR) is 147 cm³/mol. The molecule has 1 fully saturated rings. The molecule has 2 atom stereocenters. The third-order valence-electron chi connectivity index (χ3n) is 6.65. The molecule has 0 unspecified atom stereocenters. The second kappa shape index (κ2) is 10.9. The Morgan fingerprint density at radius 2 is 1.84 bits per heavy atom. The van der Waals surface area contributed by atoms with Crippen molar-refractivity contribution in [3.8, 4) is 5.69 Å². The molecule has 0 saturated carbocycles. The summed E-state index contributed by atoms with van der Waals surface area (Å²) in [6, 6.07) is 23.5. The van der Waals surface area contributed by atoms with E-state index in [1.807, 2.05) is 76.3 Å². The number of hydrogen-bond acceptors (Lipinski definition) is 3. The maximum atomic E-state index is 14.8. The summed E-state index contributed by atoms with van der Waals surface area (Å²) in [6.07, 6.45) is 4.66. The average molecular weight is 514 g/mol. The lowest BCUT2D eigenvalue weighted by Crippen LogP contribution is -2.33. The number of anilines is 1. The Morgan fingerprint density at radius 3 is 2.62 bits per heavy atom. The maximum absolute atomic E-state index is 14.8. The molecule has 1 aliphatic heterocycles. The van der Waals surface area contributed by atoms with Crippen molar-refractivity contribution >= 4 is 28.9 Å². The van der Waals surface area contributed by atoms with Crippen molar-refractivity contribution in [2.75, 3.05) is 11.9 Å². The van der Waals surface area contributed by atoms with Gasteiger partial charge in [-0.1, -0.05) is 43.3 Å². The number of nitrogens with zero attached hydrogens (tertiary/aromatic N) is 3. The number of rotatable bonds is 8. The predicted octanol–water partition coefficient (Wildman–Crippen LogP) is 5.58. The van der Waals surface area contributed by atoms with Crippen molar-refractivity contribution in [3.05, 3.63) is 114 Å². The summed E-state index contributed by atoms with van der Waals surface area (Å²) in [5, 5.41) is 6.97. The fraction of sp³-hybridized carbons (Fsp3) is 0.207. The maximum Gasteiger partial charge on any atom is 0.226 e. The molecule has 1 saturated heterocycles. The lowest BCUT2D eigenvalue weighted by molar-refractivity contribution is -0.116. The number of aryl methyl sites for hydroxylation is 1. The van der Waals surface area contributed by atoms with Crippen molar-refractivity contribution in [2.45, 2.75) is 31.8 Å². The van der Waals surface area contributed by atoms with E-state index in [1.165, 1.54) is 6.07 Å². The van der Waals surface area contributed by atoms with E-state index in [1.54, 1.807) is 18.3 Å². The van der Waals surface area contributed by atoms with Gasteiger partial charge in [-0.3, -0.25) is 9.78 Å². The lowest BCUT2D eigenvalue weighted by atomic mass is 10.0. The Kier molecular flexibility index (Phi) is 7.28. The molecule has 2 N–H and O–H groups in total. The van der Waals surface area contributed by atoms with Gasteiger partial charge in [-0.2, -0.15) is 0 Å². The number of halogens is 1. The molecule has 0 radical (unpaired) electrons. The molecule has 0 spiro atoms. The van der Waals surface area contributed by atoms with Gasteiger partial charge < -0.3 is 20.1 Å². The summed E-state index contributed by atoms with van der Waals surface area (Å²) < 4.78 is 16.6. The minimum absolute atomic E-state index is 0.0896. The largest absolute Gasteiger partial charge is 0.352 e. The van der Waals surface area contributed by atoms with Crippen LogP contribution in [0.2, 0.25) is 0 Å². The van der Waals surface area contributed by atoms with Gasteiger partial charge in [0.1, 0.15) is 5.82 Å². The van der Waals surface area contributed by atoms with Gasteiger partial charge in [0.05, 0.1) is 23.5 Å². The van der Waals surface area contributed by atoms with Gasteiger partial charge in [-0.15, -0.1) is 0 Å². The van der Waals surface area contributed by atoms with Crippen LogP contribution >= 0.6 is 12.2 Å². The minimum atomic E-state index is -0.316. The monoisotopic (exact) mass is 513 g/mol. The van der Waals surface area contributed by atoms with Crippen LogP contribution in [0.1, 0.15) is 42.4 Å². The molecule has 37 heavy (non-hydrogen) atoms. The van der Waals surface area contributed by atoms with Crippen LogP contribution in [0, 0.1) is 5.82 Å². The number of nitrogens with one attached hydrogen (secondary N) is 2. The van der Waals surface area contributed by atoms with E-state index in [0.29, 0.717) is 17.3 Å². The van der Waals surface area contributed by atoms with Gasteiger partial charge in [0.25, 0.3) is 0 Å². The normalized spacial score (nSPS) is 17.0. The summed E-state index contributed by atoms with van der Waals surface area (Å²) in [7, 11) is 0. The molecule has 2 aromatic heterocycles. The minimum Gasteiger partial charge on any atom is -0.352 e. The van der Waals surface area contributed by atoms with Crippen molar-refractivity contribution < 1.29 is 9.18 Å². The highest BCUT2D eigenvalue weighted by atomic mass is 32.1. The molecule has 1 aliphatic rings.